The van der Waals surface area contributed by atoms with Crippen LogP contribution < -0.4 is 0 Å². The predicted octanol–water partition coefficient (Wildman–Crippen LogP) is 2.10. The molecule has 2 nitrogen and oxygen atoms in total. The van der Waals surface area contributed by atoms with Crippen molar-refractivity contribution < 1.29 is 0 Å². The zero-order valence-electron chi connectivity index (χ0n) is 8.75. The van der Waals surface area contributed by atoms with Crippen LogP contribution in [0.25, 0.3) is 0 Å². The maximum absolute atomic E-state index is 5.43. The molecule has 0 saturated carbocycles. The molecular formula is C10H20N2S. The van der Waals surface area contributed by atoms with Crippen LogP contribution in [-0.4, -0.2) is 41.1 Å². The SMILES string of the molecule is CCCN1CCCN(CCC)C1=S. The summed E-state index contributed by atoms with van der Waals surface area (Å²) >= 11 is 5.43. The summed E-state index contributed by atoms with van der Waals surface area (Å²) in [4.78, 5) is 4.68. The molecule has 0 aromatic heterocycles. The molecule has 13 heavy (non-hydrogen) atoms. The summed E-state index contributed by atoms with van der Waals surface area (Å²) in [6.07, 6.45) is 3.65. The van der Waals surface area contributed by atoms with Crippen molar-refractivity contribution in [1.29, 1.82) is 0 Å². The van der Waals surface area contributed by atoms with E-state index in [0.717, 1.165) is 31.3 Å². The van der Waals surface area contributed by atoms with Gasteiger partial charge in [0, 0.05) is 26.2 Å². The molecule has 0 bridgehead atoms. The molecule has 1 rings (SSSR count). The monoisotopic (exact) mass is 200 g/mol. The van der Waals surface area contributed by atoms with Crippen LogP contribution in [0.4, 0.5) is 0 Å². The Morgan fingerprint density at radius 2 is 1.54 bits per heavy atom. The summed E-state index contributed by atoms with van der Waals surface area (Å²) in [5.41, 5.74) is 0. The van der Waals surface area contributed by atoms with E-state index in [0.29, 0.717) is 0 Å². The number of hydrogen-bond donors (Lipinski definition) is 0. The van der Waals surface area contributed by atoms with Gasteiger partial charge in [-0.3, -0.25) is 0 Å². The highest BCUT2D eigenvalue weighted by atomic mass is 32.1. The molecule has 0 N–H and O–H groups in total. The average Bonchev–Trinajstić information content (AvgIpc) is 2.13. The van der Waals surface area contributed by atoms with Gasteiger partial charge >= 0.3 is 0 Å². The predicted molar refractivity (Wildman–Crippen MR) is 60.9 cm³/mol. The highest BCUT2D eigenvalue weighted by Gasteiger charge is 2.19. The molecule has 1 fully saturated rings. The highest BCUT2D eigenvalue weighted by molar-refractivity contribution is 7.80. The van der Waals surface area contributed by atoms with Gasteiger partial charge in [0.2, 0.25) is 0 Å². The Kier molecular flexibility index (Phi) is 4.50. The van der Waals surface area contributed by atoms with Crippen molar-refractivity contribution >= 4 is 17.3 Å². The minimum atomic E-state index is 1.08. The molecule has 0 aromatic carbocycles. The summed E-state index contributed by atoms with van der Waals surface area (Å²) in [7, 11) is 0. The lowest BCUT2D eigenvalue weighted by Crippen LogP contribution is -2.49. The molecule has 0 aromatic rings. The molecule has 0 unspecified atom stereocenters. The van der Waals surface area contributed by atoms with Crippen LogP contribution in [0.3, 0.4) is 0 Å². The van der Waals surface area contributed by atoms with E-state index in [2.05, 4.69) is 23.6 Å². The molecule has 0 spiro atoms. The first-order valence-corrected chi connectivity index (χ1v) is 5.74. The first kappa shape index (κ1) is 10.8. The van der Waals surface area contributed by atoms with E-state index in [1.807, 2.05) is 0 Å². The minimum absolute atomic E-state index is 1.08. The van der Waals surface area contributed by atoms with Crippen LogP contribution in [0, 0.1) is 0 Å². The maximum Gasteiger partial charge on any atom is 0.171 e. The lowest BCUT2D eigenvalue weighted by molar-refractivity contribution is 0.266. The topological polar surface area (TPSA) is 6.48 Å². The molecule has 3 heteroatoms. The van der Waals surface area contributed by atoms with Gasteiger partial charge in [-0.25, -0.2) is 0 Å². The molecule has 1 aliphatic rings. The Bertz CT molecular complexity index is 150. The third-order valence-electron chi connectivity index (χ3n) is 2.38. The first-order chi connectivity index (χ1) is 6.29. The van der Waals surface area contributed by atoms with E-state index >= 15 is 0 Å². The Labute approximate surface area is 86.9 Å². The second kappa shape index (κ2) is 5.43. The molecule has 0 radical (unpaired) electrons. The van der Waals surface area contributed by atoms with Crippen molar-refractivity contribution in [2.24, 2.45) is 0 Å². The van der Waals surface area contributed by atoms with Crippen LogP contribution >= 0.6 is 12.2 Å². The summed E-state index contributed by atoms with van der Waals surface area (Å²) in [5.74, 6) is 0. The Morgan fingerprint density at radius 3 is 1.92 bits per heavy atom. The van der Waals surface area contributed by atoms with Crippen molar-refractivity contribution in [1.82, 2.24) is 9.80 Å². The maximum atomic E-state index is 5.43. The van der Waals surface area contributed by atoms with Gasteiger partial charge < -0.3 is 9.80 Å². The third-order valence-corrected chi connectivity index (χ3v) is 2.90. The zero-order valence-corrected chi connectivity index (χ0v) is 9.57. The van der Waals surface area contributed by atoms with Crippen LogP contribution in [0.15, 0.2) is 0 Å². The quantitative estimate of drug-likeness (QED) is 0.642. The number of nitrogens with zero attached hydrogens (tertiary/aromatic N) is 2. The van der Waals surface area contributed by atoms with Gasteiger partial charge in [-0.05, 0) is 31.5 Å². The number of hydrogen-bond acceptors (Lipinski definition) is 1. The van der Waals surface area contributed by atoms with Gasteiger partial charge in [0.25, 0.3) is 0 Å². The smallest absolute Gasteiger partial charge is 0.171 e. The van der Waals surface area contributed by atoms with E-state index in [1.54, 1.807) is 0 Å². The first-order valence-electron chi connectivity index (χ1n) is 5.33. The summed E-state index contributed by atoms with van der Waals surface area (Å²) in [5, 5.41) is 1.08. The van der Waals surface area contributed by atoms with Crippen molar-refractivity contribution in [2.75, 3.05) is 26.2 Å². The summed E-state index contributed by atoms with van der Waals surface area (Å²) < 4.78 is 0. The largest absolute Gasteiger partial charge is 0.349 e. The molecule has 1 saturated heterocycles. The summed E-state index contributed by atoms with van der Waals surface area (Å²) in [6, 6.07) is 0. The second-order valence-corrected chi connectivity index (χ2v) is 3.98. The standard InChI is InChI=1S/C10H20N2S/c1-3-6-11-8-5-9-12(7-4-2)10(11)13/h3-9H2,1-2H3. The van der Waals surface area contributed by atoms with E-state index in [4.69, 9.17) is 12.2 Å². The highest BCUT2D eigenvalue weighted by Crippen LogP contribution is 2.10. The molecule has 0 amide bonds. The second-order valence-electron chi connectivity index (χ2n) is 3.61. The number of rotatable bonds is 4. The van der Waals surface area contributed by atoms with Gasteiger partial charge in [-0.2, -0.15) is 0 Å². The summed E-state index contributed by atoms with van der Waals surface area (Å²) in [6.45, 7) is 8.99. The molecular weight excluding hydrogens is 180 g/mol. The van der Waals surface area contributed by atoms with E-state index in [9.17, 15) is 0 Å². The molecule has 0 atom stereocenters. The fourth-order valence-corrected chi connectivity index (χ4v) is 2.16. The zero-order chi connectivity index (χ0) is 9.68. The fourth-order valence-electron chi connectivity index (χ4n) is 1.80. The van der Waals surface area contributed by atoms with Crippen molar-refractivity contribution in [2.45, 2.75) is 33.1 Å². The van der Waals surface area contributed by atoms with Crippen molar-refractivity contribution in [3.05, 3.63) is 0 Å². The molecule has 1 aliphatic heterocycles. The van der Waals surface area contributed by atoms with Gasteiger partial charge in [0.1, 0.15) is 0 Å². The van der Waals surface area contributed by atoms with E-state index in [-0.39, 0.29) is 0 Å². The third kappa shape index (κ3) is 2.83. The fraction of sp³-hybridized carbons (Fsp3) is 0.900. The van der Waals surface area contributed by atoms with Crippen LogP contribution in [0.5, 0.6) is 0 Å². The Morgan fingerprint density at radius 1 is 1.08 bits per heavy atom. The van der Waals surface area contributed by atoms with Crippen LogP contribution in [0.1, 0.15) is 33.1 Å². The van der Waals surface area contributed by atoms with E-state index in [1.165, 1.54) is 19.3 Å². The van der Waals surface area contributed by atoms with E-state index < -0.39 is 0 Å². The normalized spacial score (nSPS) is 18.2. The van der Waals surface area contributed by atoms with Crippen molar-refractivity contribution in [3.8, 4) is 0 Å². The van der Waals surface area contributed by atoms with Crippen molar-refractivity contribution in [3.63, 3.8) is 0 Å². The average molecular weight is 200 g/mol. The molecule has 0 aliphatic carbocycles. The van der Waals surface area contributed by atoms with Gasteiger partial charge in [0.15, 0.2) is 5.11 Å². The Hall–Kier alpha value is -0.310. The lowest BCUT2D eigenvalue weighted by Gasteiger charge is -2.38. The van der Waals surface area contributed by atoms with Gasteiger partial charge in [-0.1, -0.05) is 13.8 Å². The number of thiocarbonyl (C=S) groups is 1. The lowest BCUT2D eigenvalue weighted by atomic mass is 10.2. The van der Waals surface area contributed by atoms with Crippen LogP contribution in [-0.2, 0) is 0 Å². The molecule has 1 heterocycles. The van der Waals surface area contributed by atoms with Crippen LogP contribution in [0.2, 0.25) is 0 Å². The van der Waals surface area contributed by atoms with Gasteiger partial charge in [0.05, 0.1) is 0 Å². The van der Waals surface area contributed by atoms with Gasteiger partial charge in [-0.15, -0.1) is 0 Å². The minimum Gasteiger partial charge on any atom is -0.349 e. The molecule has 76 valence electrons. The Balaban J connectivity index is 2.45.